The number of nitrogens with one attached hydrogen (secondary N) is 2. The van der Waals surface area contributed by atoms with Gasteiger partial charge in [0.25, 0.3) is 0 Å². The highest BCUT2D eigenvalue weighted by molar-refractivity contribution is 5.99. The number of amides is 1. The number of hydrogen-bond acceptors (Lipinski definition) is 9. The number of likely N-dealkylation sites (tertiary alicyclic amines) is 1. The van der Waals surface area contributed by atoms with Gasteiger partial charge in [-0.2, -0.15) is 0 Å². The smallest absolute Gasteiger partial charge is 0.322 e. The van der Waals surface area contributed by atoms with Crippen LogP contribution >= 0.6 is 0 Å². The number of hydrogen-bond donors (Lipinski definition) is 2. The van der Waals surface area contributed by atoms with Crippen molar-refractivity contribution in [3.05, 3.63) is 79.0 Å². The minimum absolute atomic E-state index is 0.00893. The summed E-state index contributed by atoms with van der Waals surface area (Å²) in [7, 11) is 3.60. The lowest BCUT2D eigenvalue weighted by Gasteiger charge is -2.17. The number of anilines is 2. The van der Waals surface area contributed by atoms with Gasteiger partial charge in [-0.05, 0) is 68.9 Å². The van der Waals surface area contributed by atoms with Crippen LogP contribution in [0.25, 0.3) is 22.4 Å². The van der Waals surface area contributed by atoms with Crippen LogP contribution in [0.3, 0.4) is 0 Å². The molecule has 11 heteroatoms. The van der Waals surface area contributed by atoms with E-state index in [0.717, 1.165) is 19.5 Å². The van der Waals surface area contributed by atoms with Gasteiger partial charge < -0.3 is 25.0 Å². The van der Waals surface area contributed by atoms with E-state index >= 15 is 4.39 Å². The van der Waals surface area contributed by atoms with Gasteiger partial charge in [0, 0.05) is 53.6 Å². The summed E-state index contributed by atoms with van der Waals surface area (Å²) in [6.45, 7) is 7.14. The molecule has 5 rings (SSSR count). The zero-order chi connectivity index (χ0) is 28.9. The molecule has 1 unspecified atom stereocenters. The van der Waals surface area contributed by atoms with E-state index in [1.54, 1.807) is 49.6 Å². The van der Waals surface area contributed by atoms with Gasteiger partial charge in [-0.1, -0.05) is 12.6 Å². The van der Waals surface area contributed by atoms with Crippen molar-refractivity contribution >= 4 is 17.5 Å². The Morgan fingerprint density at radius 1 is 1.12 bits per heavy atom. The van der Waals surface area contributed by atoms with Crippen LogP contribution in [0.4, 0.5) is 16.0 Å². The average molecular weight is 556 g/mol. The van der Waals surface area contributed by atoms with Crippen molar-refractivity contribution in [2.24, 2.45) is 0 Å². The van der Waals surface area contributed by atoms with E-state index in [0.29, 0.717) is 45.5 Å². The highest BCUT2D eigenvalue weighted by atomic mass is 19.1. The van der Waals surface area contributed by atoms with Crippen molar-refractivity contribution in [3.63, 3.8) is 0 Å². The molecule has 2 N–H and O–H groups in total. The van der Waals surface area contributed by atoms with Gasteiger partial charge >= 0.3 is 6.01 Å². The maximum Gasteiger partial charge on any atom is 0.322 e. The fourth-order valence-electron chi connectivity index (χ4n) is 4.59. The molecular formula is C30H30FN7O3. The molecule has 2 aromatic heterocycles. The van der Waals surface area contributed by atoms with Crippen LogP contribution in [0.15, 0.2) is 67.5 Å². The summed E-state index contributed by atoms with van der Waals surface area (Å²) < 4.78 is 26.5. The number of carbonyl (C=O) groups is 1. The van der Waals surface area contributed by atoms with Crippen LogP contribution in [0, 0.1) is 12.7 Å². The van der Waals surface area contributed by atoms with Gasteiger partial charge in [-0.15, -0.1) is 0 Å². The van der Waals surface area contributed by atoms with E-state index in [2.05, 4.69) is 44.1 Å². The second-order valence-electron chi connectivity index (χ2n) is 9.68. The van der Waals surface area contributed by atoms with Gasteiger partial charge in [0.15, 0.2) is 11.6 Å². The lowest BCUT2D eigenvalue weighted by atomic mass is 9.99. The quantitative estimate of drug-likeness (QED) is 0.273. The van der Waals surface area contributed by atoms with Crippen molar-refractivity contribution in [2.75, 3.05) is 37.9 Å². The molecule has 3 heterocycles. The van der Waals surface area contributed by atoms with Crippen LogP contribution < -0.4 is 20.1 Å². The highest BCUT2D eigenvalue weighted by Gasteiger charge is 2.22. The molecule has 0 bridgehead atoms. The predicted molar refractivity (Wildman–Crippen MR) is 155 cm³/mol. The summed E-state index contributed by atoms with van der Waals surface area (Å²) in [6, 6.07) is 11.8. The number of rotatable bonds is 9. The molecule has 1 amide bonds. The summed E-state index contributed by atoms with van der Waals surface area (Å²) in [5, 5.41) is 6.15. The lowest BCUT2D eigenvalue weighted by molar-refractivity contribution is -0.111. The Labute approximate surface area is 237 Å². The number of methoxy groups -OCH3 is 1. The molecule has 41 heavy (non-hydrogen) atoms. The molecule has 0 aliphatic carbocycles. The Morgan fingerprint density at radius 3 is 2.68 bits per heavy atom. The fraction of sp³-hybridized carbons (Fsp3) is 0.233. The largest absolute Gasteiger partial charge is 0.496 e. The standard InChI is InChI=1S/C30H30FN7O3/c1-5-27(39)35-20-7-8-22(26(15-20)40-4)28-23(16-33-29(37-28)36-21-11-13-38(3)17-21)19-6-9-25(24(31)14-19)41-30-32-12-10-18(2)34-30/h5-10,12,14-16,21H,1,11,13,17H2,2-4H3,(H,35,39)(H,33,36,37). The number of ether oxygens (including phenoxy) is 2. The number of carbonyl (C=O) groups excluding carboxylic acids is 1. The van der Waals surface area contributed by atoms with E-state index < -0.39 is 5.82 Å². The van der Waals surface area contributed by atoms with Gasteiger partial charge in [-0.3, -0.25) is 4.79 Å². The highest BCUT2D eigenvalue weighted by Crippen LogP contribution is 2.39. The minimum atomic E-state index is -0.593. The van der Waals surface area contributed by atoms with Crippen LogP contribution in [0.2, 0.25) is 0 Å². The number of likely N-dealkylation sites (N-methyl/N-ethyl adjacent to an activating group) is 1. The second-order valence-corrected chi connectivity index (χ2v) is 9.68. The Hall–Kier alpha value is -4.90. The molecule has 1 fully saturated rings. The minimum Gasteiger partial charge on any atom is -0.496 e. The Bertz CT molecular complexity index is 1600. The molecular weight excluding hydrogens is 525 g/mol. The van der Waals surface area contributed by atoms with Gasteiger partial charge in [-0.25, -0.2) is 24.3 Å². The Balaban J connectivity index is 1.54. The monoisotopic (exact) mass is 555 g/mol. The van der Waals surface area contributed by atoms with Crippen molar-refractivity contribution in [1.29, 1.82) is 0 Å². The first kappa shape index (κ1) is 27.7. The normalized spacial score (nSPS) is 14.9. The van der Waals surface area contributed by atoms with Crippen molar-refractivity contribution in [2.45, 2.75) is 19.4 Å². The molecule has 210 valence electrons. The topological polar surface area (TPSA) is 114 Å². The first-order chi connectivity index (χ1) is 19.8. The van der Waals surface area contributed by atoms with E-state index in [-0.39, 0.29) is 23.7 Å². The molecule has 2 aromatic carbocycles. The van der Waals surface area contributed by atoms with E-state index in [4.69, 9.17) is 14.5 Å². The second kappa shape index (κ2) is 12.1. The predicted octanol–water partition coefficient (Wildman–Crippen LogP) is 5.09. The first-order valence-corrected chi connectivity index (χ1v) is 13.0. The number of aryl methyl sites for hydroxylation is 1. The van der Waals surface area contributed by atoms with Gasteiger partial charge in [0.1, 0.15) is 5.75 Å². The molecule has 1 aliphatic heterocycles. The first-order valence-electron chi connectivity index (χ1n) is 13.0. The Kier molecular flexibility index (Phi) is 8.16. The van der Waals surface area contributed by atoms with E-state index in [1.807, 2.05) is 0 Å². The summed E-state index contributed by atoms with van der Waals surface area (Å²) in [4.78, 5) is 31.7. The number of benzene rings is 2. The number of aromatic nitrogens is 4. The van der Waals surface area contributed by atoms with Gasteiger partial charge in [0.2, 0.25) is 11.9 Å². The fourth-order valence-corrected chi connectivity index (χ4v) is 4.59. The van der Waals surface area contributed by atoms with Crippen molar-refractivity contribution < 1.29 is 18.7 Å². The van der Waals surface area contributed by atoms with Crippen molar-refractivity contribution in [1.82, 2.24) is 24.8 Å². The molecule has 1 saturated heterocycles. The van der Waals surface area contributed by atoms with Crippen LogP contribution in [0.1, 0.15) is 12.1 Å². The average Bonchev–Trinajstić information content (AvgIpc) is 3.38. The van der Waals surface area contributed by atoms with Gasteiger partial charge in [0.05, 0.1) is 12.8 Å². The van der Waals surface area contributed by atoms with Crippen LogP contribution in [-0.2, 0) is 4.79 Å². The zero-order valence-electron chi connectivity index (χ0n) is 23.0. The third-order valence-corrected chi connectivity index (χ3v) is 6.64. The Morgan fingerprint density at radius 2 is 1.98 bits per heavy atom. The summed E-state index contributed by atoms with van der Waals surface area (Å²) in [6.07, 6.45) is 5.37. The molecule has 10 nitrogen and oxygen atoms in total. The van der Waals surface area contributed by atoms with Crippen molar-refractivity contribution in [3.8, 4) is 39.9 Å². The molecule has 4 aromatic rings. The number of halogens is 1. The molecule has 0 saturated carbocycles. The summed E-state index contributed by atoms with van der Waals surface area (Å²) in [5.41, 5.74) is 3.52. The molecule has 0 radical (unpaired) electrons. The van der Waals surface area contributed by atoms with E-state index in [1.165, 1.54) is 25.3 Å². The third kappa shape index (κ3) is 6.47. The summed E-state index contributed by atoms with van der Waals surface area (Å²) in [5.74, 6) is -0.0264. The van der Waals surface area contributed by atoms with E-state index in [9.17, 15) is 4.79 Å². The maximum atomic E-state index is 15.3. The van der Waals surface area contributed by atoms with Crippen LogP contribution in [0.5, 0.6) is 17.5 Å². The number of nitrogens with zero attached hydrogens (tertiary/aromatic N) is 5. The molecule has 1 atom stereocenters. The third-order valence-electron chi connectivity index (χ3n) is 6.64. The lowest BCUT2D eigenvalue weighted by Crippen LogP contribution is -2.24. The molecule has 0 spiro atoms. The summed E-state index contributed by atoms with van der Waals surface area (Å²) >= 11 is 0. The zero-order valence-corrected chi connectivity index (χ0v) is 23.0. The molecule has 1 aliphatic rings. The van der Waals surface area contributed by atoms with Crippen LogP contribution in [-0.4, -0.2) is 64.0 Å². The SMILES string of the molecule is C=CC(=O)Nc1ccc(-c2nc(NC3CCN(C)C3)ncc2-c2ccc(Oc3nccc(C)n3)c(F)c2)c(OC)c1. The maximum absolute atomic E-state index is 15.3.